The number of thioether (sulfide) groups is 1. The topological polar surface area (TPSA) is 67.9 Å². The molecule has 7 heteroatoms. The fraction of sp³-hybridized carbons (Fsp3) is 0.600. The highest BCUT2D eigenvalue weighted by molar-refractivity contribution is 7.99. The number of amides is 2. The van der Waals surface area contributed by atoms with Gasteiger partial charge in [0.05, 0.1) is 14.2 Å². The van der Waals surface area contributed by atoms with Gasteiger partial charge in [0.1, 0.15) is 11.4 Å². The smallest absolute Gasteiger partial charge is 0.243 e. The molecular weight excluding hydrogens is 364 g/mol. The first-order valence-electron chi connectivity index (χ1n) is 9.48. The maximum atomic E-state index is 12.9. The summed E-state index contributed by atoms with van der Waals surface area (Å²) in [6.07, 6.45) is 5.63. The lowest BCUT2D eigenvalue weighted by Crippen LogP contribution is -2.50. The Morgan fingerprint density at radius 3 is 2.44 bits per heavy atom. The summed E-state index contributed by atoms with van der Waals surface area (Å²) < 4.78 is 10.7. The van der Waals surface area contributed by atoms with Crippen molar-refractivity contribution in [1.82, 2.24) is 10.2 Å². The molecule has 148 valence electrons. The van der Waals surface area contributed by atoms with E-state index in [1.54, 1.807) is 30.9 Å². The zero-order valence-corrected chi connectivity index (χ0v) is 17.0. The lowest BCUT2D eigenvalue weighted by molar-refractivity contribution is -0.138. The fourth-order valence-electron chi connectivity index (χ4n) is 3.90. The Morgan fingerprint density at radius 2 is 1.81 bits per heavy atom. The summed E-state index contributed by atoms with van der Waals surface area (Å²) >= 11 is 1.61. The van der Waals surface area contributed by atoms with Gasteiger partial charge in [-0.05, 0) is 30.5 Å². The molecule has 2 atom stereocenters. The van der Waals surface area contributed by atoms with Gasteiger partial charge < -0.3 is 19.7 Å². The van der Waals surface area contributed by atoms with Gasteiger partial charge in [-0.25, -0.2) is 0 Å². The minimum absolute atomic E-state index is 0.0347. The molecule has 1 heterocycles. The number of nitrogens with one attached hydrogen (secondary N) is 1. The Morgan fingerprint density at radius 1 is 1.11 bits per heavy atom. The largest absolute Gasteiger partial charge is 0.493 e. The summed E-state index contributed by atoms with van der Waals surface area (Å²) in [6, 6.07) is 5.45. The van der Waals surface area contributed by atoms with Gasteiger partial charge in [0.25, 0.3) is 0 Å². The molecule has 1 aromatic rings. The Kier molecular flexibility index (Phi) is 6.52. The molecule has 0 unspecified atom stereocenters. The van der Waals surface area contributed by atoms with Gasteiger partial charge in [-0.3, -0.25) is 9.59 Å². The number of carbonyl (C=O) groups excluding carboxylic acids is 2. The highest BCUT2D eigenvalue weighted by Crippen LogP contribution is 2.43. The van der Waals surface area contributed by atoms with E-state index < -0.39 is 6.04 Å². The van der Waals surface area contributed by atoms with Crippen molar-refractivity contribution >= 4 is 23.6 Å². The van der Waals surface area contributed by atoms with Crippen molar-refractivity contribution in [3.63, 3.8) is 0 Å². The third kappa shape index (κ3) is 4.34. The number of ether oxygens (including phenoxy) is 2. The predicted molar refractivity (Wildman–Crippen MR) is 106 cm³/mol. The van der Waals surface area contributed by atoms with E-state index in [9.17, 15) is 9.59 Å². The SMILES string of the molecule is COc1ccc([C@@H]2SC[C@H](C(=O)NC3CCCCC3)N2C(C)=O)cc1OC. The Balaban J connectivity index is 1.77. The molecule has 2 fully saturated rings. The number of benzene rings is 1. The summed E-state index contributed by atoms with van der Waals surface area (Å²) in [4.78, 5) is 27.0. The van der Waals surface area contributed by atoms with E-state index in [0.29, 0.717) is 17.3 Å². The van der Waals surface area contributed by atoms with Crippen molar-refractivity contribution in [1.29, 1.82) is 0 Å². The van der Waals surface area contributed by atoms with Crippen LogP contribution >= 0.6 is 11.8 Å². The van der Waals surface area contributed by atoms with Crippen LogP contribution in [0.5, 0.6) is 11.5 Å². The van der Waals surface area contributed by atoms with Gasteiger partial charge in [0.2, 0.25) is 11.8 Å². The molecule has 3 rings (SSSR count). The highest BCUT2D eigenvalue weighted by atomic mass is 32.2. The molecule has 1 N–H and O–H groups in total. The normalized spacial score (nSPS) is 23.1. The summed E-state index contributed by atoms with van der Waals surface area (Å²) in [6.45, 7) is 1.53. The molecule has 1 aromatic carbocycles. The first kappa shape index (κ1) is 19.9. The lowest BCUT2D eigenvalue weighted by atomic mass is 9.95. The molecule has 1 saturated heterocycles. The first-order chi connectivity index (χ1) is 13.0. The van der Waals surface area contributed by atoms with Crippen LogP contribution in [0.3, 0.4) is 0 Å². The Hall–Kier alpha value is -1.89. The van der Waals surface area contributed by atoms with Gasteiger partial charge in [0.15, 0.2) is 11.5 Å². The number of rotatable bonds is 5. The van der Waals surface area contributed by atoms with E-state index in [0.717, 1.165) is 31.2 Å². The maximum Gasteiger partial charge on any atom is 0.243 e. The zero-order valence-electron chi connectivity index (χ0n) is 16.2. The Bertz CT molecular complexity index is 691. The molecule has 6 nitrogen and oxygen atoms in total. The van der Waals surface area contributed by atoms with E-state index >= 15 is 0 Å². The number of hydrogen-bond donors (Lipinski definition) is 1. The van der Waals surface area contributed by atoms with Gasteiger partial charge in [-0.1, -0.05) is 25.3 Å². The van der Waals surface area contributed by atoms with Crippen molar-refractivity contribution in [3.05, 3.63) is 23.8 Å². The minimum Gasteiger partial charge on any atom is -0.493 e. The molecule has 1 aliphatic carbocycles. The van der Waals surface area contributed by atoms with Crippen molar-refractivity contribution in [2.45, 2.75) is 56.5 Å². The third-order valence-corrected chi connectivity index (χ3v) is 6.63. The Labute approximate surface area is 165 Å². The lowest BCUT2D eigenvalue weighted by Gasteiger charge is -2.30. The van der Waals surface area contributed by atoms with Crippen LogP contribution in [0.4, 0.5) is 0 Å². The minimum atomic E-state index is -0.437. The van der Waals surface area contributed by atoms with Crippen molar-refractivity contribution in [3.8, 4) is 11.5 Å². The summed E-state index contributed by atoms with van der Waals surface area (Å²) in [7, 11) is 3.18. The monoisotopic (exact) mass is 392 g/mol. The molecule has 2 aliphatic rings. The second-order valence-corrected chi connectivity index (χ2v) is 8.20. The quantitative estimate of drug-likeness (QED) is 0.834. The summed E-state index contributed by atoms with van der Waals surface area (Å²) in [5, 5.41) is 2.96. The van der Waals surface area contributed by atoms with Crippen LogP contribution in [0, 0.1) is 0 Å². The predicted octanol–water partition coefficient (Wildman–Crippen LogP) is 3.12. The molecular formula is C20H28N2O4S. The van der Waals surface area contributed by atoms with E-state index in [4.69, 9.17) is 9.47 Å². The average Bonchev–Trinajstić information content (AvgIpc) is 3.13. The molecule has 0 bridgehead atoms. The summed E-state index contributed by atoms with van der Waals surface area (Å²) in [5.74, 6) is 1.73. The van der Waals surface area contributed by atoms with Crippen molar-refractivity contribution < 1.29 is 19.1 Å². The van der Waals surface area contributed by atoms with E-state index in [-0.39, 0.29) is 23.2 Å². The van der Waals surface area contributed by atoms with Crippen LogP contribution in [0.2, 0.25) is 0 Å². The van der Waals surface area contributed by atoms with Crippen LogP contribution in [0.25, 0.3) is 0 Å². The average molecular weight is 393 g/mol. The van der Waals surface area contributed by atoms with Gasteiger partial charge >= 0.3 is 0 Å². The van der Waals surface area contributed by atoms with Gasteiger partial charge in [-0.15, -0.1) is 11.8 Å². The molecule has 0 radical (unpaired) electrons. The highest BCUT2D eigenvalue weighted by Gasteiger charge is 2.41. The molecule has 27 heavy (non-hydrogen) atoms. The molecule has 0 aromatic heterocycles. The van der Waals surface area contributed by atoms with Crippen LogP contribution in [-0.2, 0) is 9.59 Å². The zero-order chi connectivity index (χ0) is 19.4. The summed E-state index contributed by atoms with van der Waals surface area (Å²) in [5.41, 5.74) is 0.931. The van der Waals surface area contributed by atoms with Gasteiger partial charge in [-0.2, -0.15) is 0 Å². The second-order valence-electron chi connectivity index (χ2n) is 7.09. The number of carbonyl (C=O) groups is 2. The second kappa shape index (κ2) is 8.87. The number of nitrogens with zero attached hydrogens (tertiary/aromatic N) is 1. The van der Waals surface area contributed by atoms with Crippen molar-refractivity contribution in [2.24, 2.45) is 0 Å². The van der Waals surface area contributed by atoms with E-state index in [1.165, 1.54) is 13.3 Å². The molecule has 0 spiro atoms. The number of hydrogen-bond acceptors (Lipinski definition) is 5. The third-order valence-electron chi connectivity index (χ3n) is 5.31. The number of methoxy groups -OCH3 is 2. The van der Waals surface area contributed by atoms with Crippen LogP contribution in [0.1, 0.15) is 50.0 Å². The molecule has 1 saturated carbocycles. The van der Waals surface area contributed by atoms with Crippen LogP contribution < -0.4 is 14.8 Å². The van der Waals surface area contributed by atoms with E-state index in [2.05, 4.69) is 5.32 Å². The standard InChI is InChI=1S/C20H28N2O4S/c1-13(23)22-16(19(24)21-15-7-5-4-6-8-15)12-27-20(22)14-9-10-17(25-2)18(11-14)26-3/h9-11,15-16,20H,4-8,12H2,1-3H3,(H,21,24)/t16-,20+/m1/s1. The van der Waals surface area contributed by atoms with Crippen LogP contribution in [0.15, 0.2) is 18.2 Å². The van der Waals surface area contributed by atoms with E-state index in [1.807, 2.05) is 18.2 Å². The fourth-order valence-corrected chi connectivity index (χ4v) is 5.37. The first-order valence-corrected chi connectivity index (χ1v) is 10.5. The van der Waals surface area contributed by atoms with Gasteiger partial charge in [0, 0.05) is 18.7 Å². The van der Waals surface area contributed by atoms with Crippen molar-refractivity contribution in [2.75, 3.05) is 20.0 Å². The van der Waals surface area contributed by atoms with Crippen LogP contribution in [-0.4, -0.2) is 48.8 Å². The molecule has 1 aliphatic heterocycles. The maximum absolute atomic E-state index is 12.9. The molecule has 2 amide bonds.